The second kappa shape index (κ2) is 11.4. The van der Waals surface area contributed by atoms with E-state index in [9.17, 15) is 18.8 Å². The van der Waals surface area contributed by atoms with Crippen LogP contribution in [0.3, 0.4) is 0 Å². The van der Waals surface area contributed by atoms with Gasteiger partial charge in [-0.25, -0.2) is 4.39 Å². The molecule has 6 rings (SSSR count). The number of likely N-dealkylation sites (tertiary alicyclic amines) is 1. The van der Waals surface area contributed by atoms with Crippen molar-refractivity contribution in [1.82, 2.24) is 15.1 Å². The van der Waals surface area contributed by atoms with E-state index in [4.69, 9.17) is 14.2 Å². The van der Waals surface area contributed by atoms with Crippen LogP contribution in [0.25, 0.3) is 0 Å². The van der Waals surface area contributed by atoms with E-state index in [0.717, 1.165) is 17.5 Å². The van der Waals surface area contributed by atoms with Gasteiger partial charge in [-0.2, -0.15) is 0 Å². The highest BCUT2D eigenvalue weighted by Gasteiger charge is 2.54. The van der Waals surface area contributed by atoms with Crippen molar-refractivity contribution in [2.24, 2.45) is 0 Å². The Labute approximate surface area is 243 Å². The number of amides is 3. The molecule has 218 valence electrons. The first-order valence-corrected chi connectivity index (χ1v) is 14.1. The largest absolute Gasteiger partial charge is 0.454 e. The van der Waals surface area contributed by atoms with Crippen LogP contribution in [-0.4, -0.2) is 65.8 Å². The van der Waals surface area contributed by atoms with Gasteiger partial charge >= 0.3 is 0 Å². The van der Waals surface area contributed by atoms with Crippen molar-refractivity contribution in [3.8, 4) is 11.5 Å². The summed E-state index contributed by atoms with van der Waals surface area (Å²) >= 11 is 0. The lowest BCUT2D eigenvalue weighted by atomic mass is 9.96. The molecule has 2 fully saturated rings. The van der Waals surface area contributed by atoms with E-state index in [0.29, 0.717) is 43.0 Å². The maximum absolute atomic E-state index is 13.9. The molecule has 0 aromatic heterocycles. The first-order valence-electron chi connectivity index (χ1n) is 14.1. The molecule has 10 heteroatoms. The van der Waals surface area contributed by atoms with Crippen LogP contribution in [0.4, 0.5) is 4.39 Å². The maximum Gasteiger partial charge on any atom is 0.256 e. The van der Waals surface area contributed by atoms with Gasteiger partial charge in [-0.3, -0.25) is 19.3 Å². The number of hydrogen-bond donors (Lipinski definition) is 1. The molecule has 3 aromatic rings. The Balaban J connectivity index is 1.19. The molecule has 3 aliphatic heterocycles. The predicted octanol–water partition coefficient (Wildman–Crippen LogP) is 3.91. The minimum absolute atomic E-state index is 0.00628. The summed E-state index contributed by atoms with van der Waals surface area (Å²) in [5.41, 5.74) is 1.76. The number of rotatable bonds is 6. The zero-order valence-electron chi connectivity index (χ0n) is 23.3. The van der Waals surface area contributed by atoms with Crippen molar-refractivity contribution in [3.63, 3.8) is 0 Å². The molecule has 1 unspecified atom stereocenters. The fraction of sp³-hybridized carbons (Fsp3) is 0.344. The van der Waals surface area contributed by atoms with Crippen LogP contribution in [0, 0.1) is 5.82 Å². The number of nitrogens with one attached hydrogen (secondary N) is 1. The Hall–Kier alpha value is -4.44. The highest BCUT2D eigenvalue weighted by molar-refractivity contribution is 5.98. The monoisotopic (exact) mass is 573 g/mol. The highest BCUT2D eigenvalue weighted by atomic mass is 19.1. The van der Waals surface area contributed by atoms with Gasteiger partial charge in [0.25, 0.3) is 11.8 Å². The molecule has 0 bridgehead atoms. The van der Waals surface area contributed by atoms with Crippen LogP contribution in [0.5, 0.6) is 11.5 Å². The minimum Gasteiger partial charge on any atom is -0.454 e. The van der Waals surface area contributed by atoms with Crippen molar-refractivity contribution in [2.75, 3.05) is 26.5 Å². The number of carbonyl (C=O) groups excluding carboxylic acids is 3. The first kappa shape index (κ1) is 27.7. The zero-order chi connectivity index (χ0) is 29.3. The second-order valence-electron chi connectivity index (χ2n) is 10.7. The van der Waals surface area contributed by atoms with Crippen LogP contribution in [0.1, 0.15) is 51.6 Å². The second-order valence-corrected chi connectivity index (χ2v) is 10.7. The number of piperidine rings is 1. The summed E-state index contributed by atoms with van der Waals surface area (Å²) < 4.78 is 30.7. The average Bonchev–Trinajstić information content (AvgIpc) is 3.64. The number of hydrogen-bond acceptors (Lipinski definition) is 6. The Morgan fingerprint density at radius 1 is 0.881 bits per heavy atom. The van der Waals surface area contributed by atoms with Crippen LogP contribution in [-0.2, 0) is 22.5 Å². The SMILES string of the molecule is CCc1ccc(C(=O)N2CCC3(CC2)OCC(C(=O)NCc2ccc4c(c2)OCO4)N3C(=O)c2ccc(F)cc2)cc1. The third kappa shape index (κ3) is 5.30. The van der Waals surface area contributed by atoms with Gasteiger partial charge in [-0.05, 0) is 66.1 Å². The average molecular weight is 574 g/mol. The number of aryl methyl sites for hydroxylation is 1. The molecule has 0 saturated carbocycles. The van der Waals surface area contributed by atoms with Crippen molar-refractivity contribution >= 4 is 17.7 Å². The van der Waals surface area contributed by atoms with Gasteiger partial charge in [0.1, 0.15) is 17.6 Å². The molecule has 3 aliphatic rings. The standard InChI is InChI=1S/C32H32FN3O6/c1-2-21-3-6-23(7-4-21)30(38)35-15-13-32(14-16-35)36(31(39)24-8-10-25(33)11-9-24)26(19-42-32)29(37)34-18-22-5-12-27-28(17-22)41-20-40-27/h3-12,17,26H,2,13-16,18-20H2,1H3,(H,34,37). The molecule has 2 saturated heterocycles. The molecule has 1 atom stereocenters. The molecule has 3 heterocycles. The molecule has 3 aromatic carbocycles. The van der Waals surface area contributed by atoms with E-state index in [1.807, 2.05) is 30.3 Å². The van der Waals surface area contributed by atoms with Gasteiger partial charge in [-0.15, -0.1) is 0 Å². The fourth-order valence-electron chi connectivity index (χ4n) is 5.78. The van der Waals surface area contributed by atoms with E-state index in [1.165, 1.54) is 29.2 Å². The van der Waals surface area contributed by atoms with Gasteiger partial charge in [0.2, 0.25) is 12.7 Å². The van der Waals surface area contributed by atoms with Gasteiger partial charge in [0.15, 0.2) is 11.5 Å². The van der Waals surface area contributed by atoms with Crippen molar-refractivity contribution in [1.29, 1.82) is 0 Å². The van der Waals surface area contributed by atoms with Crippen molar-refractivity contribution in [2.45, 2.75) is 44.5 Å². The van der Waals surface area contributed by atoms with Crippen molar-refractivity contribution in [3.05, 3.63) is 94.8 Å². The third-order valence-corrected chi connectivity index (χ3v) is 8.22. The normalized spacial score (nSPS) is 18.8. The maximum atomic E-state index is 13.9. The summed E-state index contributed by atoms with van der Waals surface area (Å²) in [6.07, 6.45) is 1.57. The Kier molecular flexibility index (Phi) is 7.55. The van der Waals surface area contributed by atoms with Crippen LogP contribution in [0.2, 0.25) is 0 Å². The number of carbonyl (C=O) groups is 3. The lowest BCUT2D eigenvalue weighted by molar-refractivity contribution is -0.128. The van der Waals surface area contributed by atoms with Gasteiger partial charge in [-0.1, -0.05) is 25.1 Å². The van der Waals surface area contributed by atoms with Crippen LogP contribution < -0.4 is 14.8 Å². The zero-order valence-corrected chi connectivity index (χ0v) is 23.3. The fourth-order valence-corrected chi connectivity index (χ4v) is 5.78. The molecular formula is C32H32FN3O6. The smallest absolute Gasteiger partial charge is 0.256 e. The Bertz CT molecular complexity index is 1490. The summed E-state index contributed by atoms with van der Waals surface area (Å²) in [6.45, 7) is 3.15. The Morgan fingerprint density at radius 3 is 2.24 bits per heavy atom. The number of ether oxygens (including phenoxy) is 3. The molecule has 0 aliphatic carbocycles. The molecule has 3 amide bonds. The van der Waals surface area contributed by atoms with Gasteiger partial charge < -0.3 is 24.4 Å². The summed E-state index contributed by atoms with van der Waals surface area (Å²) in [4.78, 5) is 43.9. The predicted molar refractivity (Wildman–Crippen MR) is 150 cm³/mol. The molecule has 1 spiro atoms. The number of benzene rings is 3. The van der Waals surface area contributed by atoms with Crippen LogP contribution >= 0.6 is 0 Å². The third-order valence-electron chi connectivity index (χ3n) is 8.22. The Morgan fingerprint density at radius 2 is 1.52 bits per heavy atom. The molecule has 0 radical (unpaired) electrons. The molecule has 42 heavy (non-hydrogen) atoms. The topological polar surface area (TPSA) is 97.4 Å². The lowest BCUT2D eigenvalue weighted by Gasteiger charge is -2.44. The number of halogens is 1. The first-order chi connectivity index (χ1) is 20.4. The number of nitrogens with zero attached hydrogens (tertiary/aromatic N) is 2. The van der Waals surface area contributed by atoms with E-state index in [-0.39, 0.29) is 37.3 Å². The van der Waals surface area contributed by atoms with E-state index in [2.05, 4.69) is 12.2 Å². The summed E-state index contributed by atoms with van der Waals surface area (Å²) in [6, 6.07) is 17.4. The highest BCUT2D eigenvalue weighted by Crippen LogP contribution is 2.39. The minimum atomic E-state index is -1.07. The summed E-state index contributed by atoms with van der Waals surface area (Å²) in [5, 5.41) is 2.92. The molecular weight excluding hydrogens is 541 g/mol. The van der Waals surface area contributed by atoms with E-state index >= 15 is 0 Å². The molecule has 9 nitrogen and oxygen atoms in total. The van der Waals surface area contributed by atoms with Crippen molar-refractivity contribution < 1.29 is 33.0 Å². The van der Waals surface area contributed by atoms with E-state index < -0.39 is 23.5 Å². The van der Waals surface area contributed by atoms with Crippen LogP contribution in [0.15, 0.2) is 66.7 Å². The summed E-state index contributed by atoms with van der Waals surface area (Å²) in [7, 11) is 0. The van der Waals surface area contributed by atoms with Gasteiger partial charge in [0, 0.05) is 43.6 Å². The lowest BCUT2D eigenvalue weighted by Crippen LogP contribution is -2.59. The summed E-state index contributed by atoms with van der Waals surface area (Å²) in [5.74, 6) is -0.0773. The van der Waals surface area contributed by atoms with E-state index in [1.54, 1.807) is 17.0 Å². The number of fused-ring (bicyclic) bond motifs is 1. The quantitative estimate of drug-likeness (QED) is 0.481. The molecule has 1 N–H and O–H groups in total. The van der Waals surface area contributed by atoms with Gasteiger partial charge in [0.05, 0.1) is 6.61 Å².